The average Bonchev–Trinajstić information content (AvgIpc) is 3.21. The van der Waals surface area contributed by atoms with Gasteiger partial charge in [0, 0.05) is 30.1 Å². The lowest BCUT2D eigenvalue weighted by atomic mass is 9.98. The molecule has 0 radical (unpaired) electrons. The number of aliphatic hydroxyl groups is 1. The number of benzene rings is 1. The molecule has 0 saturated carbocycles. The molecule has 2 aliphatic rings. The molecule has 1 atom stereocenters. The lowest BCUT2D eigenvalue weighted by Gasteiger charge is -2.26. The molecular weight excluding hydrogens is 388 g/mol. The fourth-order valence-corrected chi connectivity index (χ4v) is 3.46. The molecule has 2 aromatic rings. The van der Waals surface area contributed by atoms with E-state index in [-0.39, 0.29) is 25.6 Å². The van der Waals surface area contributed by atoms with Gasteiger partial charge in [0.1, 0.15) is 5.75 Å². The molecule has 152 valence electrons. The average molecular weight is 406 g/mol. The van der Waals surface area contributed by atoms with Crippen LogP contribution in [0.15, 0.2) is 36.7 Å². The van der Waals surface area contributed by atoms with E-state index in [1.807, 2.05) is 0 Å². The summed E-state index contributed by atoms with van der Waals surface area (Å²) in [6, 6.07) is 6.12. The highest BCUT2D eigenvalue weighted by Crippen LogP contribution is 2.28. The first-order valence-electron chi connectivity index (χ1n) is 9.12. The highest BCUT2D eigenvalue weighted by molar-refractivity contribution is 6.10. The number of hydrogen-bond acceptors (Lipinski definition) is 6. The Kier molecular flexibility index (Phi) is 4.85. The van der Waals surface area contributed by atoms with Crippen LogP contribution < -0.4 is 15.4 Å². The maximum Gasteiger partial charge on any atom is 0.323 e. The standard InChI is InChI=1S/C21H18N4O5/c1-30-16-3-2-14-10-25(18(27)17(14)8-16)12-21(19(28)23-20(29)24-21)6-4-13-9-22-7-5-15(13)11-26/h2-3,5,7-9,26H,10-12H2,1H3,(H2,23,24,28,29)/t21-/m1/s1. The van der Waals surface area contributed by atoms with Crippen LogP contribution >= 0.6 is 0 Å². The molecule has 0 spiro atoms. The van der Waals surface area contributed by atoms with Crippen molar-refractivity contribution < 1.29 is 24.2 Å². The van der Waals surface area contributed by atoms with Crippen LogP contribution in [0.1, 0.15) is 27.0 Å². The molecule has 9 heteroatoms. The summed E-state index contributed by atoms with van der Waals surface area (Å²) in [5.41, 5.74) is 0.616. The van der Waals surface area contributed by atoms with Gasteiger partial charge in [-0.1, -0.05) is 17.9 Å². The van der Waals surface area contributed by atoms with Gasteiger partial charge in [-0.3, -0.25) is 19.9 Å². The van der Waals surface area contributed by atoms with Gasteiger partial charge in [-0.2, -0.15) is 0 Å². The normalized spacial score (nSPS) is 19.7. The maximum atomic E-state index is 12.9. The number of imide groups is 1. The Morgan fingerprint density at radius 2 is 2.13 bits per heavy atom. The lowest BCUT2D eigenvalue weighted by molar-refractivity contribution is -0.122. The van der Waals surface area contributed by atoms with Gasteiger partial charge in [0.15, 0.2) is 0 Å². The van der Waals surface area contributed by atoms with E-state index in [4.69, 9.17) is 4.74 Å². The van der Waals surface area contributed by atoms with Crippen molar-refractivity contribution in [3.05, 3.63) is 58.9 Å². The number of methoxy groups -OCH3 is 1. The van der Waals surface area contributed by atoms with Crippen LogP contribution in [0.4, 0.5) is 4.79 Å². The summed E-state index contributed by atoms with van der Waals surface area (Å²) in [4.78, 5) is 42.8. The molecule has 1 saturated heterocycles. The van der Waals surface area contributed by atoms with Gasteiger partial charge in [-0.05, 0) is 29.3 Å². The minimum absolute atomic E-state index is 0.137. The van der Waals surface area contributed by atoms with Gasteiger partial charge >= 0.3 is 6.03 Å². The molecule has 3 heterocycles. The molecule has 0 aliphatic carbocycles. The number of rotatable bonds is 4. The Balaban J connectivity index is 1.67. The summed E-state index contributed by atoms with van der Waals surface area (Å²) < 4.78 is 5.18. The molecule has 3 N–H and O–H groups in total. The van der Waals surface area contributed by atoms with Gasteiger partial charge in [-0.25, -0.2) is 4.79 Å². The number of amides is 4. The molecule has 2 aliphatic heterocycles. The highest BCUT2D eigenvalue weighted by atomic mass is 16.5. The zero-order chi connectivity index (χ0) is 21.3. The van der Waals surface area contributed by atoms with Crippen molar-refractivity contribution in [1.29, 1.82) is 0 Å². The molecule has 1 aromatic heterocycles. The van der Waals surface area contributed by atoms with Crippen LogP contribution in [0.2, 0.25) is 0 Å². The van der Waals surface area contributed by atoms with Crippen molar-refractivity contribution >= 4 is 17.8 Å². The van der Waals surface area contributed by atoms with E-state index in [1.54, 1.807) is 24.3 Å². The molecule has 1 fully saturated rings. The number of aliphatic hydroxyl groups excluding tert-OH is 1. The van der Waals surface area contributed by atoms with E-state index < -0.39 is 17.5 Å². The smallest absolute Gasteiger partial charge is 0.323 e. The lowest BCUT2D eigenvalue weighted by Crippen LogP contribution is -2.54. The van der Waals surface area contributed by atoms with Gasteiger partial charge in [-0.15, -0.1) is 0 Å². The summed E-state index contributed by atoms with van der Waals surface area (Å²) in [6.07, 6.45) is 2.98. The Bertz CT molecular complexity index is 1120. The molecule has 0 unspecified atom stereocenters. The molecular formula is C21H18N4O5. The molecule has 0 bridgehead atoms. The first-order chi connectivity index (χ1) is 14.5. The minimum Gasteiger partial charge on any atom is -0.497 e. The van der Waals surface area contributed by atoms with Crippen molar-refractivity contribution in [2.75, 3.05) is 13.7 Å². The second-order valence-electron chi connectivity index (χ2n) is 6.94. The Labute approximate surface area is 172 Å². The minimum atomic E-state index is -1.62. The fraction of sp³-hybridized carbons (Fsp3) is 0.238. The zero-order valence-electron chi connectivity index (χ0n) is 16.1. The number of carbonyl (C=O) groups excluding carboxylic acids is 3. The molecule has 4 amide bonds. The summed E-state index contributed by atoms with van der Waals surface area (Å²) in [6.45, 7) is -0.110. The SMILES string of the molecule is COc1ccc2c(c1)C(=O)N(C[C@@]1(C#Cc3cnccc3CO)NC(=O)NC1=O)C2. The van der Waals surface area contributed by atoms with Crippen LogP contribution in [0, 0.1) is 11.8 Å². The number of nitrogens with zero attached hydrogens (tertiary/aromatic N) is 2. The number of carbonyl (C=O) groups is 3. The summed E-state index contributed by atoms with van der Waals surface area (Å²) in [7, 11) is 1.51. The zero-order valence-corrected chi connectivity index (χ0v) is 16.1. The van der Waals surface area contributed by atoms with Crippen LogP contribution in [-0.4, -0.2) is 52.0 Å². The van der Waals surface area contributed by atoms with Gasteiger partial charge in [0.2, 0.25) is 5.54 Å². The largest absolute Gasteiger partial charge is 0.497 e. The maximum absolute atomic E-state index is 12.9. The number of hydrogen-bond donors (Lipinski definition) is 3. The number of nitrogens with one attached hydrogen (secondary N) is 2. The van der Waals surface area contributed by atoms with Gasteiger partial charge in [0.25, 0.3) is 11.8 Å². The topological polar surface area (TPSA) is 121 Å². The fourth-order valence-electron chi connectivity index (χ4n) is 3.46. The molecule has 1 aromatic carbocycles. The third-order valence-electron chi connectivity index (χ3n) is 5.06. The predicted octanol–water partition coefficient (Wildman–Crippen LogP) is 0.168. The van der Waals surface area contributed by atoms with Gasteiger partial charge in [0.05, 0.1) is 20.3 Å². The van der Waals surface area contributed by atoms with E-state index >= 15 is 0 Å². The number of urea groups is 1. The molecule has 4 rings (SSSR count). The molecule has 9 nitrogen and oxygen atoms in total. The first-order valence-corrected chi connectivity index (χ1v) is 9.12. The van der Waals surface area contributed by atoms with E-state index in [1.165, 1.54) is 24.4 Å². The van der Waals surface area contributed by atoms with Crippen LogP contribution in [-0.2, 0) is 17.9 Å². The monoisotopic (exact) mass is 406 g/mol. The van der Waals surface area contributed by atoms with Crippen molar-refractivity contribution in [2.45, 2.75) is 18.7 Å². The quantitative estimate of drug-likeness (QED) is 0.492. The third kappa shape index (κ3) is 3.33. The van der Waals surface area contributed by atoms with E-state index in [9.17, 15) is 19.5 Å². The number of fused-ring (bicyclic) bond motifs is 1. The second kappa shape index (κ2) is 7.50. The van der Waals surface area contributed by atoms with Crippen LogP contribution in [0.5, 0.6) is 5.75 Å². The first kappa shape index (κ1) is 19.4. The van der Waals surface area contributed by atoms with Gasteiger partial charge < -0.3 is 20.1 Å². The molecule has 30 heavy (non-hydrogen) atoms. The Hall–Kier alpha value is -3.90. The second-order valence-corrected chi connectivity index (χ2v) is 6.94. The number of ether oxygens (including phenoxy) is 1. The number of pyridine rings is 1. The Morgan fingerprint density at radius 3 is 2.83 bits per heavy atom. The van der Waals surface area contributed by atoms with Crippen molar-refractivity contribution in [2.24, 2.45) is 0 Å². The van der Waals surface area contributed by atoms with E-state index in [0.717, 1.165) is 5.56 Å². The van der Waals surface area contributed by atoms with Crippen molar-refractivity contribution in [3.63, 3.8) is 0 Å². The van der Waals surface area contributed by atoms with Crippen LogP contribution in [0.3, 0.4) is 0 Å². The van der Waals surface area contributed by atoms with Crippen molar-refractivity contribution in [3.8, 4) is 17.6 Å². The summed E-state index contributed by atoms with van der Waals surface area (Å²) >= 11 is 0. The summed E-state index contributed by atoms with van der Waals surface area (Å²) in [5.74, 6) is 5.25. The van der Waals surface area contributed by atoms with Crippen LogP contribution in [0.25, 0.3) is 0 Å². The Morgan fingerprint density at radius 1 is 1.30 bits per heavy atom. The predicted molar refractivity (Wildman–Crippen MR) is 104 cm³/mol. The summed E-state index contributed by atoms with van der Waals surface area (Å²) in [5, 5.41) is 14.2. The third-order valence-corrected chi connectivity index (χ3v) is 5.06. The van der Waals surface area contributed by atoms with E-state index in [0.29, 0.717) is 22.4 Å². The highest BCUT2D eigenvalue weighted by Gasteiger charge is 2.48. The van der Waals surface area contributed by atoms with Crippen molar-refractivity contribution in [1.82, 2.24) is 20.5 Å². The number of aromatic nitrogens is 1. The van der Waals surface area contributed by atoms with E-state index in [2.05, 4.69) is 27.5 Å².